The summed E-state index contributed by atoms with van der Waals surface area (Å²) in [5.41, 5.74) is -0.214. The summed E-state index contributed by atoms with van der Waals surface area (Å²) < 4.78 is 10.9. The van der Waals surface area contributed by atoms with Crippen LogP contribution in [0.5, 0.6) is 11.5 Å². The number of benzene rings is 1. The Hall–Kier alpha value is -1.75. The molecular formula is C15H19NO4. The molecule has 5 heteroatoms. The van der Waals surface area contributed by atoms with Gasteiger partial charge < -0.3 is 19.5 Å². The minimum Gasteiger partial charge on any atom is -0.486 e. The van der Waals surface area contributed by atoms with Gasteiger partial charge >= 0.3 is 0 Å². The van der Waals surface area contributed by atoms with E-state index in [1.807, 2.05) is 0 Å². The maximum Gasteiger partial charge on any atom is 0.254 e. The van der Waals surface area contributed by atoms with Gasteiger partial charge in [-0.25, -0.2) is 0 Å². The van der Waals surface area contributed by atoms with Crippen LogP contribution in [0, 0.1) is 0 Å². The van der Waals surface area contributed by atoms with E-state index >= 15 is 0 Å². The van der Waals surface area contributed by atoms with E-state index < -0.39 is 5.60 Å². The van der Waals surface area contributed by atoms with Crippen LogP contribution in [0.1, 0.15) is 30.1 Å². The summed E-state index contributed by atoms with van der Waals surface area (Å²) >= 11 is 0. The van der Waals surface area contributed by atoms with Crippen LogP contribution in [0.3, 0.4) is 0 Å². The molecule has 0 spiro atoms. The highest BCUT2D eigenvalue weighted by Crippen LogP contribution is 2.31. The topological polar surface area (TPSA) is 59.0 Å². The Morgan fingerprint density at radius 1 is 1.30 bits per heavy atom. The third-order valence-electron chi connectivity index (χ3n) is 3.75. The molecule has 1 N–H and O–H groups in total. The average Bonchev–Trinajstić information content (AvgIpc) is 2.45. The zero-order valence-electron chi connectivity index (χ0n) is 11.6. The van der Waals surface area contributed by atoms with Crippen molar-refractivity contribution in [3.8, 4) is 11.5 Å². The van der Waals surface area contributed by atoms with Crippen molar-refractivity contribution in [1.29, 1.82) is 0 Å². The highest BCUT2D eigenvalue weighted by atomic mass is 16.6. The number of piperidine rings is 1. The van der Waals surface area contributed by atoms with Crippen LogP contribution in [-0.2, 0) is 0 Å². The zero-order valence-corrected chi connectivity index (χ0v) is 11.6. The van der Waals surface area contributed by atoms with E-state index in [0.717, 1.165) is 12.8 Å². The van der Waals surface area contributed by atoms with Gasteiger partial charge in [0.1, 0.15) is 13.2 Å². The number of fused-ring (bicyclic) bond motifs is 1. The lowest BCUT2D eigenvalue weighted by Crippen LogP contribution is -2.48. The van der Waals surface area contributed by atoms with Crippen molar-refractivity contribution in [2.75, 3.05) is 26.3 Å². The maximum atomic E-state index is 12.5. The van der Waals surface area contributed by atoms with Gasteiger partial charge in [0.15, 0.2) is 11.5 Å². The Labute approximate surface area is 118 Å². The van der Waals surface area contributed by atoms with Crippen LogP contribution in [0.25, 0.3) is 0 Å². The molecule has 2 aliphatic heterocycles. The molecule has 1 saturated heterocycles. The van der Waals surface area contributed by atoms with Crippen LogP contribution in [0.4, 0.5) is 0 Å². The minimum atomic E-state index is -0.790. The van der Waals surface area contributed by atoms with Gasteiger partial charge in [-0.2, -0.15) is 0 Å². The van der Waals surface area contributed by atoms with Crippen molar-refractivity contribution in [1.82, 2.24) is 4.90 Å². The third-order valence-corrected chi connectivity index (χ3v) is 3.75. The number of aliphatic hydroxyl groups is 1. The summed E-state index contributed by atoms with van der Waals surface area (Å²) in [5, 5.41) is 10.1. The molecule has 2 aliphatic rings. The van der Waals surface area contributed by atoms with Crippen molar-refractivity contribution in [3.63, 3.8) is 0 Å². The van der Waals surface area contributed by atoms with Crippen molar-refractivity contribution in [2.24, 2.45) is 0 Å². The standard InChI is InChI=1S/C15H19NO4/c1-15(18)5-2-6-16(10-15)14(17)11-3-4-12-13(9-11)20-8-7-19-12/h3-4,9,18H,2,5-8,10H2,1H3. The maximum absolute atomic E-state index is 12.5. The van der Waals surface area contributed by atoms with Crippen LogP contribution in [0.2, 0.25) is 0 Å². The van der Waals surface area contributed by atoms with E-state index in [9.17, 15) is 9.90 Å². The Morgan fingerprint density at radius 3 is 2.80 bits per heavy atom. The molecule has 2 heterocycles. The van der Waals surface area contributed by atoms with Gasteiger partial charge in [-0.3, -0.25) is 4.79 Å². The summed E-state index contributed by atoms with van der Waals surface area (Å²) in [6.07, 6.45) is 1.56. The van der Waals surface area contributed by atoms with Gasteiger partial charge in [-0.15, -0.1) is 0 Å². The number of hydrogen-bond acceptors (Lipinski definition) is 4. The largest absolute Gasteiger partial charge is 0.486 e. The molecule has 1 atom stereocenters. The fourth-order valence-corrected chi connectivity index (χ4v) is 2.75. The van der Waals surface area contributed by atoms with Gasteiger partial charge in [0, 0.05) is 18.7 Å². The molecule has 1 fully saturated rings. The molecule has 1 aromatic rings. The molecule has 0 saturated carbocycles. The first-order valence-electron chi connectivity index (χ1n) is 6.96. The minimum absolute atomic E-state index is 0.0676. The number of β-amino-alcohol motifs (C(OH)–C–C–N with tert-alkyl or cyclic N) is 1. The average molecular weight is 277 g/mol. The number of ether oxygens (including phenoxy) is 2. The predicted molar refractivity (Wildman–Crippen MR) is 73.2 cm³/mol. The Bertz CT molecular complexity index is 527. The summed E-state index contributed by atoms with van der Waals surface area (Å²) in [7, 11) is 0. The lowest BCUT2D eigenvalue weighted by molar-refractivity contribution is -0.0107. The van der Waals surface area contributed by atoms with Crippen molar-refractivity contribution >= 4 is 5.91 Å². The van der Waals surface area contributed by atoms with Crippen molar-refractivity contribution < 1.29 is 19.4 Å². The first kappa shape index (κ1) is 13.2. The highest BCUT2D eigenvalue weighted by Gasteiger charge is 2.31. The molecule has 0 aliphatic carbocycles. The molecule has 1 aromatic carbocycles. The zero-order chi connectivity index (χ0) is 14.2. The SMILES string of the molecule is CC1(O)CCCN(C(=O)c2ccc3c(c2)OCCO3)C1. The smallest absolute Gasteiger partial charge is 0.254 e. The number of carbonyl (C=O) groups is 1. The van der Waals surface area contributed by atoms with Gasteiger partial charge in [0.05, 0.1) is 5.60 Å². The quantitative estimate of drug-likeness (QED) is 0.844. The number of rotatable bonds is 1. The monoisotopic (exact) mass is 277 g/mol. The lowest BCUT2D eigenvalue weighted by atomic mass is 9.94. The van der Waals surface area contributed by atoms with E-state index in [-0.39, 0.29) is 5.91 Å². The first-order chi connectivity index (χ1) is 9.55. The summed E-state index contributed by atoms with van der Waals surface area (Å²) in [4.78, 5) is 14.2. The normalized spacial score (nSPS) is 25.4. The lowest BCUT2D eigenvalue weighted by Gasteiger charge is -2.37. The van der Waals surface area contributed by atoms with Gasteiger partial charge in [0.2, 0.25) is 0 Å². The molecule has 1 unspecified atom stereocenters. The van der Waals surface area contributed by atoms with E-state index in [2.05, 4.69) is 0 Å². The van der Waals surface area contributed by atoms with Crippen LogP contribution < -0.4 is 9.47 Å². The Balaban J connectivity index is 1.80. The van der Waals surface area contributed by atoms with Crippen molar-refractivity contribution in [2.45, 2.75) is 25.4 Å². The number of carbonyl (C=O) groups excluding carboxylic acids is 1. The van der Waals surface area contributed by atoms with Gasteiger partial charge in [-0.1, -0.05) is 0 Å². The summed E-state index contributed by atoms with van der Waals surface area (Å²) in [6, 6.07) is 5.24. The first-order valence-corrected chi connectivity index (χ1v) is 6.96. The summed E-state index contributed by atoms with van der Waals surface area (Å²) in [6.45, 7) is 3.87. The molecule has 5 nitrogen and oxygen atoms in total. The number of amides is 1. The van der Waals surface area contributed by atoms with Gasteiger partial charge in [0.25, 0.3) is 5.91 Å². The second-order valence-corrected chi connectivity index (χ2v) is 5.69. The van der Waals surface area contributed by atoms with Crippen molar-refractivity contribution in [3.05, 3.63) is 23.8 Å². The molecule has 0 aromatic heterocycles. The van der Waals surface area contributed by atoms with Crippen LogP contribution >= 0.6 is 0 Å². The molecule has 108 valence electrons. The fraction of sp³-hybridized carbons (Fsp3) is 0.533. The van der Waals surface area contributed by atoms with E-state index in [0.29, 0.717) is 43.4 Å². The molecule has 20 heavy (non-hydrogen) atoms. The molecule has 0 bridgehead atoms. The number of nitrogens with zero attached hydrogens (tertiary/aromatic N) is 1. The number of likely N-dealkylation sites (tertiary alicyclic amines) is 1. The predicted octanol–water partition coefficient (Wildman–Crippen LogP) is 1.44. The van der Waals surface area contributed by atoms with E-state index in [1.165, 1.54) is 0 Å². The molecule has 0 radical (unpaired) electrons. The summed E-state index contributed by atoms with van der Waals surface area (Å²) in [5.74, 6) is 1.23. The number of hydrogen-bond donors (Lipinski definition) is 1. The second kappa shape index (κ2) is 4.98. The van der Waals surface area contributed by atoms with E-state index in [1.54, 1.807) is 30.0 Å². The Kier molecular flexibility index (Phi) is 3.30. The third kappa shape index (κ3) is 2.58. The molecule has 1 amide bonds. The Morgan fingerprint density at radius 2 is 2.05 bits per heavy atom. The van der Waals surface area contributed by atoms with Crippen LogP contribution in [0.15, 0.2) is 18.2 Å². The fourth-order valence-electron chi connectivity index (χ4n) is 2.75. The molecule has 3 rings (SSSR count). The molecular weight excluding hydrogens is 258 g/mol. The highest BCUT2D eigenvalue weighted by molar-refractivity contribution is 5.95. The van der Waals surface area contributed by atoms with E-state index in [4.69, 9.17) is 9.47 Å². The van der Waals surface area contributed by atoms with Crippen LogP contribution in [-0.4, -0.2) is 47.8 Å². The second-order valence-electron chi connectivity index (χ2n) is 5.69. The van der Waals surface area contributed by atoms with Gasteiger partial charge in [-0.05, 0) is 38.0 Å².